The normalized spacial score (nSPS) is 10.3. The molecule has 1 amide bonds. The largest absolute Gasteiger partial charge is 0.497 e. The van der Waals surface area contributed by atoms with Gasteiger partial charge in [-0.1, -0.05) is 11.6 Å². The number of nitrogens with zero attached hydrogens (tertiary/aromatic N) is 1. The molecule has 0 fully saturated rings. The fourth-order valence-electron chi connectivity index (χ4n) is 1.61. The Kier molecular flexibility index (Phi) is 3.62. The molecule has 0 saturated carbocycles. The molecular weight excluding hydrogens is 270 g/mol. The van der Waals surface area contributed by atoms with Crippen molar-refractivity contribution >= 4 is 23.2 Å². The molecular formula is C12H12ClN3O3. The Bertz CT molecular complexity index is 675. The summed E-state index contributed by atoms with van der Waals surface area (Å²) in [5, 5.41) is 5.44. The molecule has 0 unspecified atom stereocenters. The van der Waals surface area contributed by atoms with Crippen LogP contribution in [0.5, 0.6) is 5.75 Å². The molecule has 1 aromatic carbocycles. The fourth-order valence-corrected chi connectivity index (χ4v) is 1.82. The van der Waals surface area contributed by atoms with Crippen LogP contribution in [0.3, 0.4) is 0 Å². The molecule has 2 rings (SSSR count). The molecule has 2 N–H and O–H groups in total. The van der Waals surface area contributed by atoms with Crippen LogP contribution in [-0.2, 0) is 7.05 Å². The monoisotopic (exact) mass is 281 g/mol. The predicted octanol–water partition coefficient (Wildman–Crippen LogP) is 1.63. The molecule has 100 valence electrons. The number of ether oxygens (including phenoxy) is 1. The lowest BCUT2D eigenvalue weighted by Crippen LogP contribution is -2.16. The van der Waals surface area contributed by atoms with Gasteiger partial charge in [-0.2, -0.15) is 0 Å². The number of aromatic amines is 1. The number of aromatic nitrogens is 2. The minimum absolute atomic E-state index is 0.219. The summed E-state index contributed by atoms with van der Waals surface area (Å²) in [4.78, 5) is 23.1. The Morgan fingerprint density at radius 2 is 2.16 bits per heavy atom. The van der Waals surface area contributed by atoms with Crippen molar-refractivity contribution < 1.29 is 9.53 Å². The van der Waals surface area contributed by atoms with Gasteiger partial charge >= 0.3 is 0 Å². The van der Waals surface area contributed by atoms with E-state index in [1.165, 1.54) is 17.9 Å². The van der Waals surface area contributed by atoms with Crippen molar-refractivity contribution in [3.05, 3.63) is 45.3 Å². The Morgan fingerprint density at radius 1 is 1.42 bits per heavy atom. The highest BCUT2D eigenvalue weighted by molar-refractivity contribution is 6.34. The third kappa shape index (κ3) is 2.79. The molecule has 0 aliphatic rings. The van der Waals surface area contributed by atoms with Gasteiger partial charge in [-0.15, -0.1) is 0 Å². The molecule has 19 heavy (non-hydrogen) atoms. The van der Waals surface area contributed by atoms with Crippen LogP contribution < -0.4 is 15.6 Å². The number of methoxy groups -OCH3 is 1. The van der Waals surface area contributed by atoms with Crippen molar-refractivity contribution in [1.82, 2.24) is 9.78 Å². The number of rotatable bonds is 3. The zero-order valence-corrected chi connectivity index (χ0v) is 11.1. The molecule has 0 saturated heterocycles. The molecule has 0 atom stereocenters. The van der Waals surface area contributed by atoms with Gasteiger partial charge < -0.3 is 10.1 Å². The molecule has 6 nitrogen and oxygen atoms in total. The number of halogens is 1. The summed E-state index contributed by atoms with van der Waals surface area (Å²) in [6.07, 6.45) is 0. The van der Waals surface area contributed by atoms with Gasteiger partial charge in [0.2, 0.25) is 0 Å². The summed E-state index contributed by atoms with van der Waals surface area (Å²) in [5.41, 5.74) is 0.325. The average molecular weight is 282 g/mol. The first-order valence-corrected chi connectivity index (χ1v) is 5.80. The van der Waals surface area contributed by atoms with Crippen LogP contribution in [0.2, 0.25) is 5.02 Å². The van der Waals surface area contributed by atoms with Gasteiger partial charge in [-0.3, -0.25) is 19.4 Å². The second-order valence-electron chi connectivity index (χ2n) is 3.86. The number of amides is 1. The van der Waals surface area contributed by atoms with E-state index in [0.717, 1.165) is 0 Å². The molecule has 0 spiro atoms. The summed E-state index contributed by atoms with van der Waals surface area (Å²) in [7, 11) is 3.10. The maximum Gasteiger partial charge on any atom is 0.274 e. The van der Waals surface area contributed by atoms with Crippen LogP contribution in [-0.4, -0.2) is 22.8 Å². The predicted molar refractivity (Wildman–Crippen MR) is 72.0 cm³/mol. The summed E-state index contributed by atoms with van der Waals surface area (Å²) in [5.74, 6) is 0.171. The van der Waals surface area contributed by atoms with Gasteiger partial charge in [-0.25, -0.2) is 0 Å². The number of nitrogens with one attached hydrogen (secondary N) is 2. The molecule has 0 radical (unpaired) electrons. The number of hydrogen-bond acceptors (Lipinski definition) is 3. The highest BCUT2D eigenvalue weighted by Gasteiger charge is 2.13. The fraction of sp³-hybridized carbons (Fsp3) is 0.167. The Hall–Kier alpha value is -2.21. The zero-order chi connectivity index (χ0) is 14.0. The smallest absolute Gasteiger partial charge is 0.274 e. The number of benzene rings is 1. The van der Waals surface area contributed by atoms with E-state index in [2.05, 4.69) is 10.4 Å². The topological polar surface area (TPSA) is 76.1 Å². The van der Waals surface area contributed by atoms with Crippen molar-refractivity contribution in [1.29, 1.82) is 0 Å². The first-order chi connectivity index (χ1) is 9.01. The molecule has 1 aromatic heterocycles. The van der Waals surface area contributed by atoms with Gasteiger partial charge in [0.25, 0.3) is 11.5 Å². The zero-order valence-electron chi connectivity index (χ0n) is 10.4. The second kappa shape index (κ2) is 5.19. The summed E-state index contributed by atoms with van der Waals surface area (Å²) >= 11 is 6.01. The third-order valence-corrected chi connectivity index (χ3v) is 2.88. The Morgan fingerprint density at radius 3 is 2.68 bits per heavy atom. The van der Waals surface area contributed by atoms with Crippen molar-refractivity contribution in [2.75, 3.05) is 12.4 Å². The molecule has 0 aliphatic carbocycles. The SMILES string of the molecule is COc1ccc(NC(=O)c2cc(=O)[nH]n2C)c(Cl)c1. The minimum atomic E-state index is -0.423. The Balaban J connectivity index is 2.24. The van der Waals surface area contributed by atoms with E-state index >= 15 is 0 Å². The quantitative estimate of drug-likeness (QED) is 0.898. The van der Waals surface area contributed by atoms with E-state index in [4.69, 9.17) is 16.3 Å². The summed E-state index contributed by atoms with van der Waals surface area (Å²) in [6.45, 7) is 0. The van der Waals surface area contributed by atoms with Crippen LogP contribution in [0.15, 0.2) is 29.1 Å². The lowest BCUT2D eigenvalue weighted by atomic mass is 10.3. The maximum atomic E-state index is 12.0. The van der Waals surface area contributed by atoms with E-state index < -0.39 is 5.91 Å². The number of hydrogen-bond donors (Lipinski definition) is 2. The van der Waals surface area contributed by atoms with Gasteiger partial charge in [0.15, 0.2) is 0 Å². The summed E-state index contributed by atoms with van der Waals surface area (Å²) < 4.78 is 6.36. The molecule has 2 aromatic rings. The molecule has 7 heteroatoms. The average Bonchev–Trinajstić information content (AvgIpc) is 2.71. The number of carbonyl (C=O) groups is 1. The van der Waals surface area contributed by atoms with Crippen LogP contribution in [0.25, 0.3) is 0 Å². The van der Waals surface area contributed by atoms with E-state index in [-0.39, 0.29) is 11.3 Å². The molecule has 0 aliphatic heterocycles. The van der Waals surface area contributed by atoms with E-state index in [9.17, 15) is 9.59 Å². The minimum Gasteiger partial charge on any atom is -0.497 e. The highest BCUT2D eigenvalue weighted by Crippen LogP contribution is 2.26. The van der Waals surface area contributed by atoms with E-state index in [1.807, 2.05) is 0 Å². The van der Waals surface area contributed by atoms with Gasteiger partial charge in [0, 0.05) is 19.2 Å². The number of anilines is 1. The molecule has 0 bridgehead atoms. The number of carbonyl (C=O) groups excluding carboxylic acids is 1. The number of H-pyrrole nitrogens is 1. The van der Waals surface area contributed by atoms with Crippen molar-refractivity contribution in [2.24, 2.45) is 7.05 Å². The maximum absolute atomic E-state index is 12.0. The van der Waals surface area contributed by atoms with Crippen LogP contribution in [0.1, 0.15) is 10.5 Å². The van der Waals surface area contributed by atoms with Crippen molar-refractivity contribution in [3.8, 4) is 5.75 Å². The second-order valence-corrected chi connectivity index (χ2v) is 4.27. The first-order valence-electron chi connectivity index (χ1n) is 5.42. The summed E-state index contributed by atoms with van der Waals surface area (Å²) in [6, 6.07) is 6.11. The van der Waals surface area contributed by atoms with Crippen molar-refractivity contribution in [3.63, 3.8) is 0 Å². The van der Waals surface area contributed by atoms with Crippen LogP contribution >= 0.6 is 11.6 Å². The number of aryl methyl sites for hydroxylation is 1. The van der Waals surface area contributed by atoms with E-state index in [1.54, 1.807) is 25.2 Å². The van der Waals surface area contributed by atoms with Gasteiger partial charge in [-0.05, 0) is 12.1 Å². The van der Waals surface area contributed by atoms with Gasteiger partial charge in [0.1, 0.15) is 11.4 Å². The highest BCUT2D eigenvalue weighted by atomic mass is 35.5. The van der Waals surface area contributed by atoms with Gasteiger partial charge in [0.05, 0.1) is 17.8 Å². The molecule has 1 heterocycles. The first kappa shape index (κ1) is 13.2. The Labute approximate surface area is 113 Å². The van der Waals surface area contributed by atoms with E-state index in [0.29, 0.717) is 16.5 Å². The lowest BCUT2D eigenvalue weighted by molar-refractivity contribution is 0.101. The van der Waals surface area contributed by atoms with Crippen LogP contribution in [0, 0.1) is 0 Å². The van der Waals surface area contributed by atoms with Crippen molar-refractivity contribution in [2.45, 2.75) is 0 Å². The van der Waals surface area contributed by atoms with Crippen LogP contribution in [0.4, 0.5) is 5.69 Å². The standard InChI is InChI=1S/C12H12ClN3O3/c1-16-10(6-11(17)15-16)12(18)14-9-4-3-7(19-2)5-8(9)13/h3-6H,1-2H3,(H,14,18)(H,15,17). The third-order valence-electron chi connectivity index (χ3n) is 2.56. The lowest BCUT2D eigenvalue weighted by Gasteiger charge is -2.08.